The number of amides is 2. The molecule has 0 radical (unpaired) electrons. The first kappa shape index (κ1) is 44.6. The van der Waals surface area contributed by atoms with E-state index in [0.29, 0.717) is 66.8 Å². The lowest BCUT2D eigenvalue weighted by Crippen LogP contribution is -2.19. The van der Waals surface area contributed by atoms with Crippen LogP contribution in [0.1, 0.15) is 82.1 Å². The van der Waals surface area contributed by atoms with Crippen molar-refractivity contribution in [3.05, 3.63) is 96.1 Å². The number of hydrogen-bond donors (Lipinski definition) is 3. The summed E-state index contributed by atoms with van der Waals surface area (Å²) in [7, 11) is 5.28. The predicted octanol–water partition coefficient (Wildman–Crippen LogP) is 7.50. The lowest BCUT2D eigenvalue weighted by Gasteiger charge is -2.16. The van der Waals surface area contributed by atoms with E-state index in [0.717, 1.165) is 65.9 Å². The minimum Gasteiger partial charge on any atom is -0.477 e. The summed E-state index contributed by atoms with van der Waals surface area (Å²) in [6, 6.07) is 13.6. The molecule has 0 unspecified atom stereocenters. The van der Waals surface area contributed by atoms with E-state index in [-0.39, 0.29) is 25.9 Å². The Morgan fingerprint density at radius 3 is 2.36 bits per heavy atom. The summed E-state index contributed by atoms with van der Waals surface area (Å²) < 4.78 is 33.6. The van der Waals surface area contributed by atoms with Gasteiger partial charge in [-0.25, -0.2) is 19.6 Å². The lowest BCUT2D eigenvalue weighted by molar-refractivity contribution is 0.101. The van der Waals surface area contributed by atoms with Crippen LogP contribution in [-0.4, -0.2) is 86.6 Å². The molecule has 4 N–H and O–H groups in total. The number of ether oxygens (including phenoxy) is 2. The lowest BCUT2D eigenvalue weighted by atomic mass is 10.1. The van der Waals surface area contributed by atoms with Crippen LogP contribution in [0.4, 0.5) is 16.3 Å². The maximum atomic E-state index is 14.3. The third kappa shape index (κ3) is 9.62. The number of nitrogens with one attached hydrogen (secondary N) is 2. The van der Waals surface area contributed by atoms with Crippen molar-refractivity contribution < 1.29 is 26.3 Å². The smallest absolute Gasteiger partial charge is 0.258 e. The van der Waals surface area contributed by atoms with Gasteiger partial charge in [0.1, 0.15) is 5.52 Å². The van der Waals surface area contributed by atoms with Gasteiger partial charge in [-0.15, -0.1) is 0 Å². The van der Waals surface area contributed by atoms with Gasteiger partial charge < -0.3 is 19.8 Å². The molecular weight excluding hydrogens is 820 g/mol. The number of fused-ring (bicyclic) bond motifs is 12. The van der Waals surface area contributed by atoms with Crippen LogP contribution >= 0.6 is 0 Å². The van der Waals surface area contributed by atoms with Crippen molar-refractivity contribution in [2.24, 2.45) is 30.7 Å². The number of para-hydroxylation sites is 2. The van der Waals surface area contributed by atoms with Crippen LogP contribution in [0.15, 0.2) is 78.3 Å². The Balaban J connectivity index is 0.000000232. The fourth-order valence-corrected chi connectivity index (χ4v) is 7.61. The van der Waals surface area contributed by atoms with Gasteiger partial charge in [-0.05, 0) is 68.4 Å². The molecule has 0 saturated heterocycles. The van der Waals surface area contributed by atoms with Gasteiger partial charge in [0, 0.05) is 66.7 Å². The molecule has 4 bridgehead atoms. The topological polar surface area (TPSA) is 212 Å². The summed E-state index contributed by atoms with van der Waals surface area (Å²) in [5.74, 6) is 0.634. The molecule has 7 aromatic rings. The first-order chi connectivity index (χ1) is 31.1. The van der Waals surface area contributed by atoms with E-state index in [9.17, 15) is 14.0 Å². The van der Waals surface area contributed by atoms with Gasteiger partial charge in [0.15, 0.2) is 5.65 Å². The zero-order valence-electron chi connectivity index (χ0n) is 36.9. The molecule has 2 amide bonds. The number of anilines is 2. The monoisotopic (exact) mass is 876 g/mol. The van der Waals surface area contributed by atoms with Gasteiger partial charge in [-0.2, -0.15) is 14.6 Å². The minimum absolute atomic E-state index is 0. The number of benzene rings is 1. The van der Waals surface area contributed by atoms with Crippen LogP contribution in [-0.2, 0) is 31.9 Å². The fourth-order valence-electron chi connectivity index (χ4n) is 7.61. The SMILES string of the molecule is CC.CN=C1OCCCCCn2c(nc3ccccc32)NC(=O)c2cc(F)nc(c2)/C1=C/N.C[C@@H]1CCCOc2c(cnn2C)-c2cc(ccn2)C(=O)Nc2nc3cnn(C)c3n2C1.[HH].[HH]. The summed E-state index contributed by atoms with van der Waals surface area (Å²) in [6.45, 7) is 8.58. The molecular formula is C45H57FN14O4. The molecule has 6 aromatic heterocycles. The van der Waals surface area contributed by atoms with Gasteiger partial charge in [0.05, 0.1) is 59.2 Å². The molecule has 0 fully saturated rings. The number of pyridine rings is 2. The molecule has 1 aromatic carbocycles. The number of hydrogen-bond acceptors (Lipinski definition) is 12. The van der Waals surface area contributed by atoms with Gasteiger partial charge in [-0.3, -0.25) is 39.4 Å². The summed E-state index contributed by atoms with van der Waals surface area (Å²) in [6.07, 6.45) is 10.7. The van der Waals surface area contributed by atoms with Crippen molar-refractivity contribution in [3.63, 3.8) is 0 Å². The number of nitrogens with zero attached hydrogens (tertiary/aromatic N) is 11. The summed E-state index contributed by atoms with van der Waals surface area (Å²) in [5.41, 5.74) is 11.6. The summed E-state index contributed by atoms with van der Waals surface area (Å²) >= 11 is 0. The Kier molecular flexibility index (Phi) is 14.1. The Morgan fingerprint density at radius 1 is 0.844 bits per heavy atom. The second-order valence-corrected chi connectivity index (χ2v) is 15.1. The number of rotatable bonds is 0. The molecule has 64 heavy (non-hydrogen) atoms. The number of aryl methyl sites for hydroxylation is 3. The third-order valence-electron chi connectivity index (χ3n) is 10.7. The first-order valence-electron chi connectivity index (χ1n) is 21.4. The highest BCUT2D eigenvalue weighted by atomic mass is 19.1. The molecule has 8 heterocycles. The molecule has 19 heteroatoms. The molecule has 1 atom stereocenters. The zero-order chi connectivity index (χ0) is 45.3. The zero-order valence-corrected chi connectivity index (χ0v) is 36.9. The maximum Gasteiger partial charge on any atom is 0.258 e. The standard InChI is InChI=1S/C22H23FN6O2.C21H24N8O2.C2H6.2H2/c1-25-21-15(13-24)17-11-14(12-19(23)26-17)20(30)28-22-27-16-7-3-4-8-18(16)29(22)9-5-2-6-10-31-21;1-13-5-4-8-31-20-15(10-23-28(20)3)16-9-14(6-7-22-16)18(30)26-21-25-17-11-24-27(2)19(17)29(21)12-13;1-2;;/h3-4,7-8,11-13H,2,5-6,9-10,24H2,1H3,(H,27,28,30);6-7,9-11,13H,4-5,8,12H2,1-3H3,(H,25,26,30);1-2H3;2*1H/b15-13-,25-21?;;;;/t;13-;;;/m.1.../s1. The average Bonchev–Trinajstić information content (AvgIpc) is 4.05. The Hall–Kier alpha value is -7.44. The fraction of sp³-hybridized carbons (Fsp3) is 0.356. The molecule has 0 aliphatic carbocycles. The summed E-state index contributed by atoms with van der Waals surface area (Å²) in [4.78, 5) is 47.7. The molecule has 2 aliphatic heterocycles. The van der Waals surface area contributed by atoms with Crippen LogP contribution in [0.5, 0.6) is 5.88 Å². The van der Waals surface area contributed by atoms with Gasteiger partial charge in [0.25, 0.3) is 11.8 Å². The minimum atomic E-state index is -0.810. The second kappa shape index (κ2) is 20.2. The maximum absolute atomic E-state index is 14.3. The number of aliphatic imine (C=N–C) groups is 1. The summed E-state index contributed by atoms with van der Waals surface area (Å²) in [5, 5.41) is 14.4. The molecule has 18 nitrogen and oxygen atoms in total. The Bertz CT molecular complexity index is 2850. The highest BCUT2D eigenvalue weighted by Crippen LogP contribution is 2.30. The van der Waals surface area contributed by atoms with Crippen LogP contribution < -0.4 is 21.1 Å². The van der Waals surface area contributed by atoms with Crippen LogP contribution in [0.3, 0.4) is 0 Å². The van der Waals surface area contributed by atoms with E-state index in [1.54, 1.807) is 47.1 Å². The van der Waals surface area contributed by atoms with Crippen molar-refractivity contribution in [3.8, 4) is 17.1 Å². The van der Waals surface area contributed by atoms with Gasteiger partial charge >= 0.3 is 0 Å². The highest BCUT2D eigenvalue weighted by molar-refractivity contribution is 6.19. The van der Waals surface area contributed by atoms with E-state index in [2.05, 4.69) is 52.7 Å². The molecule has 9 rings (SSSR count). The van der Waals surface area contributed by atoms with Crippen molar-refractivity contribution in [1.29, 1.82) is 0 Å². The largest absolute Gasteiger partial charge is 0.477 e. The van der Waals surface area contributed by atoms with Gasteiger partial charge in [0.2, 0.25) is 29.6 Å². The number of carbonyl (C=O) groups excluding carboxylic acids is 2. The Morgan fingerprint density at radius 2 is 1.56 bits per heavy atom. The molecule has 0 saturated carbocycles. The molecule has 0 spiro atoms. The van der Waals surface area contributed by atoms with Crippen molar-refractivity contribution in [1.82, 2.24) is 48.6 Å². The number of carbonyl (C=O) groups is 2. The second-order valence-electron chi connectivity index (χ2n) is 15.1. The third-order valence-corrected chi connectivity index (χ3v) is 10.7. The number of nitrogens with two attached hydrogens (primary N) is 1. The van der Waals surface area contributed by atoms with E-state index in [1.165, 1.54) is 12.3 Å². The van der Waals surface area contributed by atoms with Crippen LogP contribution in [0, 0.1) is 11.9 Å². The van der Waals surface area contributed by atoms with Gasteiger partial charge in [-0.1, -0.05) is 32.9 Å². The number of aromatic nitrogens is 10. The van der Waals surface area contributed by atoms with E-state index >= 15 is 0 Å². The first-order valence-corrected chi connectivity index (χ1v) is 21.4. The van der Waals surface area contributed by atoms with Crippen molar-refractivity contribution in [2.45, 2.75) is 66.0 Å². The highest BCUT2D eigenvalue weighted by Gasteiger charge is 2.23. The molecule has 338 valence electrons. The van der Waals surface area contributed by atoms with E-state index in [4.69, 9.17) is 15.2 Å². The Labute approximate surface area is 372 Å². The normalized spacial score (nSPS) is 17.3. The van der Waals surface area contributed by atoms with Crippen LogP contribution in [0.25, 0.3) is 39.0 Å². The quantitative estimate of drug-likeness (QED) is 0.127. The average molecular weight is 877 g/mol. The number of imidazole rings is 2. The molecule has 2 aliphatic rings. The van der Waals surface area contributed by atoms with Crippen molar-refractivity contribution >= 4 is 57.4 Å². The van der Waals surface area contributed by atoms with E-state index in [1.807, 2.05) is 61.3 Å². The predicted molar refractivity (Wildman–Crippen MR) is 248 cm³/mol. The number of halogens is 1. The van der Waals surface area contributed by atoms with Crippen molar-refractivity contribution in [2.75, 3.05) is 30.9 Å². The van der Waals surface area contributed by atoms with E-state index < -0.39 is 11.9 Å². The van der Waals surface area contributed by atoms with Crippen LogP contribution in [0.2, 0.25) is 0 Å².